The van der Waals surface area contributed by atoms with Gasteiger partial charge in [0.25, 0.3) is 0 Å². The van der Waals surface area contributed by atoms with Gasteiger partial charge in [-0.25, -0.2) is 0 Å². The van der Waals surface area contributed by atoms with Gasteiger partial charge in [0.05, 0.1) is 4.92 Å². The van der Waals surface area contributed by atoms with Gasteiger partial charge in [-0.1, -0.05) is 12.7 Å². The lowest BCUT2D eigenvalue weighted by atomic mass is 10.3. The lowest BCUT2D eigenvalue weighted by Gasteiger charge is -1.90. The Hall–Kier alpha value is -1.45. The summed E-state index contributed by atoms with van der Waals surface area (Å²) in [4.78, 5) is 9.29. The van der Waals surface area contributed by atoms with E-state index in [2.05, 4.69) is 6.58 Å². The molecule has 0 aliphatic carbocycles. The zero-order valence-corrected chi connectivity index (χ0v) is 6.08. The summed E-state index contributed by atoms with van der Waals surface area (Å²) in [5, 5.41) is 10.1. The standard InChI is InChI=1S/C7H8FNO2/c1-3-5-6(8)7(4-2)9(10)11/h3-5H,1H2,2H3/b6-5+,7-4+. The summed E-state index contributed by atoms with van der Waals surface area (Å²) in [6, 6.07) is 0. The van der Waals surface area contributed by atoms with Gasteiger partial charge in [-0.3, -0.25) is 10.1 Å². The van der Waals surface area contributed by atoms with Gasteiger partial charge in [0.1, 0.15) is 0 Å². The zero-order valence-electron chi connectivity index (χ0n) is 6.08. The highest BCUT2D eigenvalue weighted by molar-refractivity contribution is 5.21. The fourth-order valence-electron chi connectivity index (χ4n) is 0.519. The molecule has 0 unspecified atom stereocenters. The van der Waals surface area contributed by atoms with E-state index in [0.717, 1.165) is 18.2 Å². The molecule has 0 N–H and O–H groups in total. The Morgan fingerprint density at radius 2 is 2.27 bits per heavy atom. The summed E-state index contributed by atoms with van der Waals surface area (Å²) < 4.78 is 12.6. The van der Waals surface area contributed by atoms with Gasteiger partial charge in [0.15, 0.2) is 5.83 Å². The average Bonchev–Trinajstić information content (AvgIpc) is 1.88. The van der Waals surface area contributed by atoms with Crippen LogP contribution in [-0.2, 0) is 0 Å². The maximum atomic E-state index is 12.6. The molecule has 0 fully saturated rings. The second-order valence-electron chi connectivity index (χ2n) is 1.68. The normalized spacial score (nSPS) is 12.9. The van der Waals surface area contributed by atoms with Gasteiger partial charge in [0, 0.05) is 0 Å². The van der Waals surface area contributed by atoms with Gasteiger partial charge in [-0.2, -0.15) is 4.39 Å². The molecule has 0 heterocycles. The van der Waals surface area contributed by atoms with Gasteiger partial charge in [-0.15, -0.1) is 0 Å². The van der Waals surface area contributed by atoms with Crippen molar-refractivity contribution >= 4 is 0 Å². The molecule has 11 heavy (non-hydrogen) atoms. The number of nitrogens with zero attached hydrogens (tertiary/aromatic N) is 1. The Labute approximate surface area is 63.7 Å². The highest BCUT2D eigenvalue weighted by Gasteiger charge is 2.13. The van der Waals surface area contributed by atoms with E-state index >= 15 is 0 Å². The van der Waals surface area contributed by atoms with Crippen molar-refractivity contribution in [1.29, 1.82) is 0 Å². The SMILES string of the molecule is C=C/C=C(F)\C(=C/C)[N+](=O)[O-]. The molecule has 4 heteroatoms. The third kappa shape index (κ3) is 2.75. The summed E-state index contributed by atoms with van der Waals surface area (Å²) in [5.41, 5.74) is -0.537. The van der Waals surface area contributed by atoms with Crippen molar-refractivity contribution in [2.45, 2.75) is 6.92 Å². The number of hydrogen-bond donors (Lipinski definition) is 0. The summed E-state index contributed by atoms with van der Waals surface area (Å²) in [6.07, 6.45) is 3.19. The number of nitro groups is 1. The highest BCUT2D eigenvalue weighted by Crippen LogP contribution is 2.11. The van der Waals surface area contributed by atoms with Crippen LogP contribution in [0.5, 0.6) is 0 Å². The van der Waals surface area contributed by atoms with Gasteiger partial charge in [-0.05, 0) is 19.1 Å². The Kier molecular flexibility index (Phi) is 3.80. The minimum atomic E-state index is -0.882. The third-order valence-electron chi connectivity index (χ3n) is 0.979. The minimum Gasteiger partial charge on any atom is -0.258 e. The van der Waals surface area contributed by atoms with Crippen LogP contribution in [0.25, 0.3) is 0 Å². The molecule has 60 valence electrons. The molecule has 3 nitrogen and oxygen atoms in total. The van der Waals surface area contributed by atoms with Crippen LogP contribution in [0.3, 0.4) is 0 Å². The van der Waals surface area contributed by atoms with E-state index in [-0.39, 0.29) is 0 Å². The van der Waals surface area contributed by atoms with E-state index < -0.39 is 16.4 Å². The van der Waals surface area contributed by atoms with Gasteiger partial charge in [0.2, 0.25) is 0 Å². The van der Waals surface area contributed by atoms with Crippen LogP contribution in [0, 0.1) is 10.1 Å². The zero-order chi connectivity index (χ0) is 8.85. The van der Waals surface area contributed by atoms with Crippen LogP contribution in [0.15, 0.2) is 36.3 Å². The van der Waals surface area contributed by atoms with Crippen LogP contribution in [0.4, 0.5) is 4.39 Å². The number of halogens is 1. The molecular formula is C7H8FNO2. The van der Waals surface area contributed by atoms with Crippen molar-refractivity contribution in [2.24, 2.45) is 0 Å². The number of hydrogen-bond acceptors (Lipinski definition) is 2. The molecule has 0 aromatic heterocycles. The van der Waals surface area contributed by atoms with E-state index in [0.29, 0.717) is 0 Å². The van der Waals surface area contributed by atoms with Crippen LogP contribution in [0.2, 0.25) is 0 Å². The Morgan fingerprint density at radius 3 is 2.55 bits per heavy atom. The van der Waals surface area contributed by atoms with Crippen LogP contribution in [-0.4, -0.2) is 4.92 Å². The summed E-state index contributed by atoms with van der Waals surface area (Å²) in [7, 11) is 0. The van der Waals surface area contributed by atoms with E-state index in [1.54, 1.807) is 0 Å². The van der Waals surface area contributed by atoms with Crippen molar-refractivity contribution < 1.29 is 9.31 Å². The molecule has 0 atom stereocenters. The monoisotopic (exact) mass is 157 g/mol. The first-order valence-electron chi connectivity index (χ1n) is 2.92. The molecule has 0 rings (SSSR count). The summed E-state index contributed by atoms with van der Waals surface area (Å²) >= 11 is 0. The average molecular weight is 157 g/mol. The fourth-order valence-corrected chi connectivity index (χ4v) is 0.519. The Morgan fingerprint density at radius 1 is 1.73 bits per heavy atom. The number of rotatable bonds is 3. The smallest absolute Gasteiger partial charge is 0.258 e. The topological polar surface area (TPSA) is 43.1 Å². The second-order valence-corrected chi connectivity index (χ2v) is 1.68. The molecule has 0 aromatic carbocycles. The molecular weight excluding hydrogens is 149 g/mol. The van der Waals surface area contributed by atoms with Crippen molar-refractivity contribution in [3.8, 4) is 0 Å². The minimum absolute atomic E-state index is 0.537. The quantitative estimate of drug-likeness (QED) is 0.358. The largest absolute Gasteiger partial charge is 0.300 e. The maximum absolute atomic E-state index is 12.6. The molecule has 0 aliphatic heterocycles. The number of allylic oxidation sites excluding steroid dienone is 4. The maximum Gasteiger partial charge on any atom is 0.300 e. The molecule has 0 saturated carbocycles. The Balaban J connectivity index is 4.67. The molecule has 0 saturated heterocycles. The van der Waals surface area contributed by atoms with E-state index in [4.69, 9.17) is 0 Å². The lowest BCUT2D eigenvalue weighted by molar-refractivity contribution is -0.422. The van der Waals surface area contributed by atoms with Crippen LogP contribution >= 0.6 is 0 Å². The van der Waals surface area contributed by atoms with Crippen molar-refractivity contribution in [1.82, 2.24) is 0 Å². The molecule has 0 amide bonds. The first kappa shape index (κ1) is 9.55. The second kappa shape index (κ2) is 4.38. The lowest BCUT2D eigenvalue weighted by Crippen LogP contribution is -1.98. The Bertz CT molecular complexity index is 231. The van der Waals surface area contributed by atoms with Crippen molar-refractivity contribution in [2.75, 3.05) is 0 Å². The predicted octanol–water partition coefficient (Wildman–Crippen LogP) is 2.21. The predicted molar refractivity (Wildman–Crippen MR) is 40.1 cm³/mol. The summed E-state index contributed by atoms with van der Waals surface area (Å²) in [5.74, 6) is -0.882. The van der Waals surface area contributed by atoms with Gasteiger partial charge < -0.3 is 0 Å². The van der Waals surface area contributed by atoms with E-state index in [1.165, 1.54) is 6.92 Å². The van der Waals surface area contributed by atoms with E-state index in [1.807, 2.05) is 0 Å². The van der Waals surface area contributed by atoms with E-state index in [9.17, 15) is 14.5 Å². The molecule has 0 radical (unpaired) electrons. The first-order valence-corrected chi connectivity index (χ1v) is 2.92. The van der Waals surface area contributed by atoms with Crippen molar-refractivity contribution in [3.05, 3.63) is 46.4 Å². The van der Waals surface area contributed by atoms with Gasteiger partial charge >= 0.3 is 5.70 Å². The van der Waals surface area contributed by atoms with Crippen LogP contribution < -0.4 is 0 Å². The molecule has 0 aromatic rings. The highest BCUT2D eigenvalue weighted by atomic mass is 19.1. The molecule has 0 aliphatic rings. The molecule has 0 bridgehead atoms. The first-order chi connectivity index (χ1) is 5.13. The summed E-state index contributed by atoms with van der Waals surface area (Å²) in [6.45, 7) is 4.61. The van der Waals surface area contributed by atoms with Crippen molar-refractivity contribution in [3.63, 3.8) is 0 Å². The molecule has 0 spiro atoms. The third-order valence-corrected chi connectivity index (χ3v) is 0.979. The van der Waals surface area contributed by atoms with Crippen LogP contribution in [0.1, 0.15) is 6.92 Å². The fraction of sp³-hybridized carbons (Fsp3) is 0.143.